The number of hydrogen-bond acceptors (Lipinski definition) is 4. The van der Waals surface area contributed by atoms with Gasteiger partial charge in [0.1, 0.15) is 12.1 Å². The zero-order valence-corrected chi connectivity index (χ0v) is 13.9. The molecule has 11 heteroatoms. The van der Waals surface area contributed by atoms with E-state index in [1.807, 2.05) is 5.32 Å². The van der Waals surface area contributed by atoms with Gasteiger partial charge in [-0.2, -0.15) is 6.54 Å². The molecule has 0 aliphatic heterocycles. The van der Waals surface area contributed by atoms with Crippen molar-refractivity contribution in [1.82, 2.24) is 10.6 Å². The van der Waals surface area contributed by atoms with Crippen LogP contribution in [0.4, 0.5) is 4.79 Å². The third kappa shape index (κ3) is 12.0. The molecule has 1 radical (unpaired) electrons. The van der Waals surface area contributed by atoms with Crippen molar-refractivity contribution in [3.05, 3.63) is 5.73 Å². The normalized spacial score (nSPS) is 12.4. The van der Waals surface area contributed by atoms with E-state index in [1.165, 1.54) is 0 Å². The van der Waals surface area contributed by atoms with Gasteiger partial charge in [-0.1, -0.05) is 12.8 Å². The van der Waals surface area contributed by atoms with Crippen molar-refractivity contribution in [3.63, 3.8) is 0 Å². The predicted octanol–water partition coefficient (Wildman–Crippen LogP) is 0.279. The average molecular weight is 487 g/mol. The summed E-state index contributed by atoms with van der Waals surface area (Å²) >= 11 is 0. The number of carbonyl (C=O) groups is 4. The first-order valence-corrected chi connectivity index (χ1v) is 6.67. The number of hydrogen-bond donors (Lipinski definition) is 5. The van der Waals surface area contributed by atoms with Gasteiger partial charge in [-0.25, -0.2) is 14.4 Å². The van der Waals surface area contributed by atoms with Gasteiger partial charge in [0.05, 0.1) is 0 Å². The molecule has 0 bridgehead atoms. The zero-order valence-electron chi connectivity index (χ0n) is 12.1. The number of amides is 2. The van der Waals surface area contributed by atoms with Crippen molar-refractivity contribution in [1.29, 1.82) is 0 Å². The molecule has 0 aromatic rings. The van der Waals surface area contributed by atoms with Crippen LogP contribution in [0.25, 0.3) is 5.73 Å². The van der Waals surface area contributed by atoms with Crippen molar-refractivity contribution in [2.75, 3.05) is 6.54 Å². The van der Waals surface area contributed by atoms with Crippen molar-refractivity contribution in [2.45, 2.75) is 44.2 Å². The van der Waals surface area contributed by atoms with Gasteiger partial charge in [0.25, 0.3) is 0 Å². The number of unbranched alkanes of at least 4 members (excludes halogenated alkanes) is 1. The second-order valence-corrected chi connectivity index (χ2v) is 4.58. The Morgan fingerprint density at radius 1 is 0.870 bits per heavy atom. The fourth-order valence-electron chi connectivity index (χ4n) is 1.61. The van der Waals surface area contributed by atoms with E-state index in [4.69, 9.17) is 21.1 Å². The molecule has 6 N–H and O–H groups in total. The second-order valence-electron chi connectivity index (χ2n) is 4.58. The fraction of sp³-hybridized carbons (Fsp3) is 0.667. The molecule has 0 rings (SSSR count). The Morgan fingerprint density at radius 3 is 1.74 bits per heavy atom. The summed E-state index contributed by atoms with van der Waals surface area (Å²) in [5.41, 5.74) is 6.96. The molecule has 0 heterocycles. The van der Waals surface area contributed by atoms with E-state index in [0.717, 1.165) is 0 Å². The summed E-state index contributed by atoms with van der Waals surface area (Å²) in [4.78, 5) is 43.9. The number of rotatable bonds is 11. The second kappa shape index (κ2) is 13.3. The van der Waals surface area contributed by atoms with Crippen LogP contribution in [0.2, 0.25) is 0 Å². The summed E-state index contributed by atoms with van der Waals surface area (Å²) in [6.07, 6.45) is 0.290. The van der Waals surface area contributed by atoms with E-state index in [2.05, 4.69) is 5.32 Å². The first-order chi connectivity index (χ1) is 10.3. The van der Waals surface area contributed by atoms with Crippen LogP contribution >= 0.6 is 0 Å². The van der Waals surface area contributed by atoms with Crippen molar-refractivity contribution >= 4 is 23.9 Å². The van der Waals surface area contributed by atoms with Crippen LogP contribution in [0.3, 0.4) is 0 Å². The molecule has 0 aromatic heterocycles. The van der Waals surface area contributed by atoms with E-state index in [9.17, 15) is 19.2 Å². The van der Waals surface area contributed by atoms with Gasteiger partial charge in [0.15, 0.2) is 0 Å². The number of carboxylic acid groups (broad SMARTS) is 3. The van der Waals surface area contributed by atoms with Crippen LogP contribution in [0.1, 0.15) is 32.1 Å². The van der Waals surface area contributed by atoms with Crippen LogP contribution in [-0.2, 0) is 14.4 Å². The van der Waals surface area contributed by atoms with E-state index in [-0.39, 0.29) is 56.3 Å². The third-order valence-electron chi connectivity index (χ3n) is 2.77. The van der Waals surface area contributed by atoms with Gasteiger partial charge < -0.3 is 31.7 Å². The predicted molar refractivity (Wildman–Crippen MR) is 74.4 cm³/mol. The number of nitrogens with one attached hydrogen (secondary N) is 3. The van der Waals surface area contributed by atoms with Crippen LogP contribution < -0.4 is 10.6 Å². The molecule has 0 saturated carbocycles. The molecule has 139 valence electrons. The Labute approximate surface area is 162 Å². The Balaban J connectivity index is 0. The van der Waals surface area contributed by atoms with Gasteiger partial charge in [-0.3, -0.25) is 4.79 Å². The molecule has 0 aliphatic carbocycles. The minimum absolute atomic E-state index is 0. The van der Waals surface area contributed by atoms with Gasteiger partial charge >= 0.3 is 23.9 Å². The van der Waals surface area contributed by atoms with Crippen molar-refractivity contribution in [2.24, 2.45) is 0 Å². The van der Waals surface area contributed by atoms with E-state index >= 15 is 0 Å². The molecule has 2 atom stereocenters. The monoisotopic (exact) mass is 487 g/mol. The van der Waals surface area contributed by atoms with Crippen LogP contribution in [0.5, 0.6) is 0 Å². The van der Waals surface area contributed by atoms with Crippen molar-refractivity contribution < 1.29 is 71.4 Å². The topological polar surface area (TPSA) is 177 Å². The maximum Gasteiger partial charge on any atom is 0.326 e. The summed E-state index contributed by atoms with van der Waals surface area (Å²) in [6.45, 7) is 0.148. The zero-order chi connectivity index (χ0) is 17.1. The maximum atomic E-state index is 11.6. The summed E-state index contributed by atoms with van der Waals surface area (Å²) in [7, 11) is 0. The smallest absolute Gasteiger partial charge is 0.326 e. The minimum atomic E-state index is -1.42. The molecule has 0 fully saturated rings. The average Bonchev–Trinajstić information content (AvgIpc) is 2.41. The van der Waals surface area contributed by atoms with Gasteiger partial charge in [-0.15, -0.1) is 0 Å². The molecule has 2 amide bonds. The Kier molecular flexibility index (Phi) is 14.0. The van der Waals surface area contributed by atoms with Crippen molar-refractivity contribution in [3.8, 4) is 0 Å². The number of aliphatic carboxylic acids is 3. The largest absolute Gasteiger partial charge is 0.677 e. The molecule has 0 spiro atoms. The minimum Gasteiger partial charge on any atom is -0.677 e. The Bertz CT molecular complexity index is 419. The molecule has 0 unspecified atom stereocenters. The van der Waals surface area contributed by atoms with Gasteiger partial charge in [-0.05, 0) is 12.8 Å². The first-order valence-electron chi connectivity index (χ1n) is 6.67. The SMILES string of the molecule is [NH-]CCCC[C@@H](NC(=O)N[C@H](CCC(=O)O)C(=O)O)C(=O)O.[Tm]. The Morgan fingerprint density at radius 2 is 1.35 bits per heavy atom. The molecule has 23 heavy (non-hydrogen) atoms. The van der Waals surface area contributed by atoms with Gasteiger partial charge in [0, 0.05) is 43.3 Å². The molecule has 10 nitrogen and oxygen atoms in total. The number of carbonyl (C=O) groups excluding carboxylic acids is 1. The van der Waals surface area contributed by atoms with Crippen LogP contribution in [-0.4, -0.2) is 57.9 Å². The molecule has 0 aliphatic rings. The summed E-state index contributed by atoms with van der Waals surface area (Å²) in [5.74, 6) is -3.87. The van der Waals surface area contributed by atoms with Crippen LogP contribution in [0, 0.1) is 36.9 Å². The Hall–Kier alpha value is -1.13. The molecule has 0 aromatic carbocycles. The summed E-state index contributed by atoms with van der Waals surface area (Å²) in [5, 5.41) is 30.5. The standard InChI is InChI=1S/C12H20N3O7.Tm/c13-6-2-1-3-7(10(18)19)14-12(22)15-8(11(20)21)4-5-9(16)17;/h7-8,13H,1-6H2,(H,16,17)(H,18,19)(H,20,21)(H2,14,15,22);/q-1;/t7-,8-;/m1./s1. The first kappa shape index (κ1) is 24.1. The van der Waals surface area contributed by atoms with E-state index < -0.39 is 42.4 Å². The van der Waals surface area contributed by atoms with Crippen LogP contribution in [0.15, 0.2) is 0 Å². The fourth-order valence-corrected chi connectivity index (χ4v) is 1.61. The quantitative estimate of drug-likeness (QED) is 0.260. The van der Waals surface area contributed by atoms with E-state index in [1.54, 1.807) is 0 Å². The summed E-state index contributed by atoms with van der Waals surface area (Å²) in [6, 6.07) is -3.60. The maximum absolute atomic E-state index is 11.6. The van der Waals surface area contributed by atoms with Gasteiger partial charge in [0.2, 0.25) is 0 Å². The van der Waals surface area contributed by atoms with E-state index in [0.29, 0.717) is 12.8 Å². The molecular weight excluding hydrogens is 467 g/mol. The molecule has 0 saturated heterocycles. The molecular formula is C12H20N3O7Tm-. The number of urea groups is 1. The summed E-state index contributed by atoms with van der Waals surface area (Å²) < 4.78 is 0. The number of carboxylic acids is 3. The third-order valence-corrected chi connectivity index (χ3v) is 2.77.